The zero-order valence-electron chi connectivity index (χ0n) is 10.4. The van der Waals surface area contributed by atoms with E-state index in [0.29, 0.717) is 0 Å². The number of rotatable bonds is 9. The monoisotopic (exact) mass is 213 g/mol. The molecule has 0 aromatic rings. The molecule has 15 heavy (non-hydrogen) atoms. The third kappa shape index (κ3) is 9.73. The van der Waals surface area contributed by atoms with Crippen LogP contribution in [0.25, 0.3) is 0 Å². The lowest BCUT2D eigenvalue weighted by Crippen LogP contribution is -2.30. The summed E-state index contributed by atoms with van der Waals surface area (Å²) in [5, 5.41) is 0. The van der Waals surface area contributed by atoms with Gasteiger partial charge in [0.15, 0.2) is 0 Å². The van der Waals surface area contributed by atoms with Crippen LogP contribution in [0.2, 0.25) is 0 Å². The number of nitrogens with two attached hydrogens (primary N) is 1. The summed E-state index contributed by atoms with van der Waals surface area (Å²) in [7, 11) is 0. The number of hydrogen-bond donors (Lipinski definition) is 2. The van der Waals surface area contributed by atoms with Crippen LogP contribution in [-0.2, 0) is 0 Å². The molecule has 0 atom stereocenters. The van der Waals surface area contributed by atoms with E-state index in [1.54, 1.807) is 0 Å². The Morgan fingerprint density at radius 1 is 1.00 bits per heavy atom. The summed E-state index contributed by atoms with van der Waals surface area (Å²) in [6.07, 6.45) is 9.99. The normalized spacial score (nSPS) is 11.8. The highest BCUT2D eigenvalue weighted by Gasteiger charge is 1.96. The van der Waals surface area contributed by atoms with Gasteiger partial charge in [-0.2, -0.15) is 0 Å². The van der Waals surface area contributed by atoms with E-state index in [1.165, 1.54) is 38.5 Å². The Kier molecular flexibility index (Phi) is 11.1. The van der Waals surface area contributed by atoms with Gasteiger partial charge in [0.1, 0.15) is 5.84 Å². The standard InChI is InChI=1S/C12H27N3/c1-3-5-6-7-8-9-10-12(15-13)14-11-4-2/h3-11,13H2,1-2H3,(H,14,15). The van der Waals surface area contributed by atoms with Gasteiger partial charge in [-0.3, -0.25) is 4.99 Å². The van der Waals surface area contributed by atoms with Gasteiger partial charge in [-0.05, 0) is 12.8 Å². The minimum Gasteiger partial charge on any atom is -0.312 e. The zero-order valence-corrected chi connectivity index (χ0v) is 10.4. The maximum atomic E-state index is 5.40. The molecule has 3 heteroatoms. The minimum atomic E-state index is 0.884. The second kappa shape index (κ2) is 11.5. The van der Waals surface area contributed by atoms with Crippen LogP contribution < -0.4 is 11.3 Å². The van der Waals surface area contributed by atoms with E-state index >= 15 is 0 Å². The largest absolute Gasteiger partial charge is 0.312 e. The fourth-order valence-corrected chi connectivity index (χ4v) is 1.52. The average molecular weight is 213 g/mol. The molecule has 0 rings (SSSR count). The van der Waals surface area contributed by atoms with Crippen LogP contribution in [0, 0.1) is 0 Å². The molecule has 3 nitrogen and oxygen atoms in total. The lowest BCUT2D eigenvalue weighted by Gasteiger charge is -2.05. The molecule has 0 radical (unpaired) electrons. The second-order valence-electron chi connectivity index (χ2n) is 3.99. The average Bonchev–Trinajstić information content (AvgIpc) is 2.27. The van der Waals surface area contributed by atoms with Crippen molar-refractivity contribution in [3.63, 3.8) is 0 Å². The Balaban J connectivity index is 3.38. The molecule has 0 unspecified atom stereocenters. The van der Waals surface area contributed by atoms with Crippen molar-refractivity contribution in [1.29, 1.82) is 0 Å². The highest BCUT2D eigenvalue weighted by Crippen LogP contribution is 2.06. The predicted molar refractivity (Wildman–Crippen MR) is 67.9 cm³/mol. The SMILES string of the molecule is CCCCCCCCC(=NCCC)NN. The van der Waals surface area contributed by atoms with Gasteiger partial charge in [0.25, 0.3) is 0 Å². The molecule has 90 valence electrons. The maximum absolute atomic E-state index is 5.40. The molecule has 0 fully saturated rings. The fraction of sp³-hybridized carbons (Fsp3) is 0.917. The summed E-state index contributed by atoms with van der Waals surface area (Å²) >= 11 is 0. The molecule has 3 N–H and O–H groups in total. The molecule has 0 aliphatic heterocycles. The number of hydrogen-bond acceptors (Lipinski definition) is 2. The van der Waals surface area contributed by atoms with Crippen LogP contribution in [0.1, 0.15) is 65.2 Å². The Labute approximate surface area is 94.5 Å². The van der Waals surface area contributed by atoms with Crippen molar-refractivity contribution in [2.45, 2.75) is 65.2 Å². The topological polar surface area (TPSA) is 50.4 Å². The lowest BCUT2D eigenvalue weighted by molar-refractivity contribution is 0.612. The van der Waals surface area contributed by atoms with Crippen LogP contribution in [0.4, 0.5) is 0 Å². The van der Waals surface area contributed by atoms with Gasteiger partial charge < -0.3 is 5.43 Å². The van der Waals surface area contributed by atoms with Crippen molar-refractivity contribution < 1.29 is 0 Å². The van der Waals surface area contributed by atoms with Crippen LogP contribution in [-0.4, -0.2) is 12.4 Å². The number of nitrogens with zero attached hydrogens (tertiary/aromatic N) is 1. The molecule has 0 aromatic heterocycles. The van der Waals surface area contributed by atoms with Gasteiger partial charge in [-0.25, -0.2) is 5.84 Å². The first-order valence-corrected chi connectivity index (χ1v) is 6.35. The summed E-state index contributed by atoms with van der Waals surface area (Å²) in [6, 6.07) is 0. The molecule has 0 aliphatic rings. The van der Waals surface area contributed by atoms with Crippen molar-refractivity contribution in [1.82, 2.24) is 5.43 Å². The van der Waals surface area contributed by atoms with Gasteiger partial charge in [0.05, 0.1) is 0 Å². The van der Waals surface area contributed by atoms with Crippen molar-refractivity contribution in [2.24, 2.45) is 10.8 Å². The number of amidine groups is 1. The fourth-order valence-electron chi connectivity index (χ4n) is 1.52. The maximum Gasteiger partial charge on any atom is 0.110 e. The zero-order chi connectivity index (χ0) is 11.4. The molecule has 0 saturated heterocycles. The van der Waals surface area contributed by atoms with E-state index in [-0.39, 0.29) is 0 Å². The Morgan fingerprint density at radius 3 is 2.27 bits per heavy atom. The first-order valence-electron chi connectivity index (χ1n) is 6.35. The van der Waals surface area contributed by atoms with Gasteiger partial charge in [0, 0.05) is 13.0 Å². The summed E-state index contributed by atoms with van der Waals surface area (Å²) in [4.78, 5) is 4.38. The first-order chi connectivity index (χ1) is 7.35. The van der Waals surface area contributed by atoms with E-state index in [1.807, 2.05) is 0 Å². The van der Waals surface area contributed by atoms with Crippen molar-refractivity contribution in [2.75, 3.05) is 6.54 Å². The van der Waals surface area contributed by atoms with Crippen molar-refractivity contribution in [3.8, 4) is 0 Å². The summed E-state index contributed by atoms with van der Waals surface area (Å²) in [6.45, 7) is 5.26. The van der Waals surface area contributed by atoms with Crippen molar-refractivity contribution in [3.05, 3.63) is 0 Å². The van der Waals surface area contributed by atoms with Gasteiger partial charge in [0.2, 0.25) is 0 Å². The number of hydrazine groups is 1. The Bertz CT molecular complexity index is 155. The predicted octanol–water partition coefficient (Wildman–Crippen LogP) is 3.01. The lowest BCUT2D eigenvalue weighted by atomic mass is 10.1. The highest BCUT2D eigenvalue weighted by atomic mass is 15.2. The number of aliphatic imine (C=N–C) groups is 1. The molecule has 0 amide bonds. The molecule has 0 heterocycles. The van der Waals surface area contributed by atoms with E-state index in [0.717, 1.165) is 25.2 Å². The minimum absolute atomic E-state index is 0.884. The highest BCUT2D eigenvalue weighted by molar-refractivity contribution is 5.81. The smallest absolute Gasteiger partial charge is 0.110 e. The Hall–Kier alpha value is -0.570. The first kappa shape index (κ1) is 14.4. The van der Waals surface area contributed by atoms with Crippen LogP contribution in [0.15, 0.2) is 4.99 Å². The van der Waals surface area contributed by atoms with Gasteiger partial charge >= 0.3 is 0 Å². The molecule has 0 bridgehead atoms. The second-order valence-corrected chi connectivity index (χ2v) is 3.99. The van der Waals surface area contributed by atoms with E-state index in [2.05, 4.69) is 24.3 Å². The van der Waals surface area contributed by atoms with Crippen LogP contribution in [0.3, 0.4) is 0 Å². The third-order valence-corrected chi connectivity index (χ3v) is 2.46. The third-order valence-electron chi connectivity index (χ3n) is 2.46. The van der Waals surface area contributed by atoms with E-state index in [9.17, 15) is 0 Å². The molecular weight excluding hydrogens is 186 g/mol. The van der Waals surface area contributed by atoms with Crippen LogP contribution in [0.5, 0.6) is 0 Å². The number of nitrogens with one attached hydrogen (secondary N) is 1. The summed E-state index contributed by atoms with van der Waals surface area (Å²) < 4.78 is 0. The summed E-state index contributed by atoms with van der Waals surface area (Å²) in [5.74, 6) is 6.36. The molecule has 0 aliphatic carbocycles. The van der Waals surface area contributed by atoms with Gasteiger partial charge in [-0.1, -0.05) is 46.0 Å². The van der Waals surface area contributed by atoms with Crippen molar-refractivity contribution >= 4 is 5.84 Å². The molecule has 0 aromatic carbocycles. The Morgan fingerprint density at radius 2 is 1.67 bits per heavy atom. The van der Waals surface area contributed by atoms with Crippen LogP contribution >= 0.6 is 0 Å². The number of unbranched alkanes of at least 4 members (excludes halogenated alkanes) is 5. The van der Waals surface area contributed by atoms with E-state index < -0.39 is 0 Å². The molecule has 0 saturated carbocycles. The van der Waals surface area contributed by atoms with Gasteiger partial charge in [-0.15, -0.1) is 0 Å². The van der Waals surface area contributed by atoms with E-state index in [4.69, 9.17) is 5.84 Å². The summed E-state index contributed by atoms with van der Waals surface area (Å²) in [5.41, 5.74) is 2.69. The quantitative estimate of drug-likeness (QED) is 0.203. The molecule has 0 spiro atoms. The molecular formula is C12H27N3.